The number of nitrogens with zero attached hydrogens (tertiary/aromatic N) is 1. The Labute approximate surface area is 164 Å². The third-order valence-electron chi connectivity index (χ3n) is 4.53. The number of hydrogen-bond acceptors (Lipinski definition) is 5. The number of H-pyrrole nitrogens is 1. The van der Waals surface area contributed by atoms with E-state index in [4.69, 9.17) is 9.47 Å². The Hall–Kier alpha value is -3.19. The lowest BCUT2D eigenvalue weighted by Crippen LogP contribution is -2.09. The normalized spacial score (nSPS) is 11.0. The number of aryl methyl sites for hydroxylation is 1. The molecule has 142 valence electrons. The first-order valence-electron chi connectivity index (χ1n) is 8.53. The summed E-state index contributed by atoms with van der Waals surface area (Å²) in [5.41, 5.74) is 2.05. The molecule has 0 fully saturated rings. The van der Waals surface area contributed by atoms with E-state index in [1.807, 2.05) is 13.0 Å². The topological polar surface area (TPSA) is 64.2 Å². The number of fused-ring (bicyclic) bond motifs is 1. The predicted octanol–water partition coefficient (Wildman–Crippen LogP) is 4.78. The molecule has 0 spiro atoms. The van der Waals surface area contributed by atoms with E-state index in [-0.39, 0.29) is 11.4 Å². The second kappa shape index (κ2) is 7.09. The SMILES string of the molecule is COc1ccc(-c2nc3sc(C)c(-c4ccc(F)cc4)c3c(=O)[nH]2)cc1OC. The molecule has 2 aromatic carbocycles. The maximum absolute atomic E-state index is 13.3. The molecule has 0 bridgehead atoms. The Morgan fingerprint density at radius 3 is 2.36 bits per heavy atom. The predicted molar refractivity (Wildman–Crippen MR) is 109 cm³/mol. The van der Waals surface area contributed by atoms with Crippen molar-refractivity contribution in [1.29, 1.82) is 0 Å². The molecular formula is C21H17FN2O3S. The number of rotatable bonds is 4. The van der Waals surface area contributed by atoms with Gasteiger partial charge in [0.25, 0.3) is 5.56 Å². The zero-order valence-electron chi connectivity index (χ0n) is 15.5. The number of methoxy groups -OCH3 is 2. The number of thiophene rings is 1. The first-order valence-corrected chi connectivity index (χ1v) is 9.35. The minimum Gasteiger partial charge on any atom is -0.493 e. The van der Waals surface area contributed by atoms with Gasteiger partial charge in [0.2, 0.25) is 0 Å². The van der Waals surface area contributed by atoms with Gasteiger partial charge in [0.15, 0.2) is 11.5 Å². The van der Waals surface area contributed by atoms with Gasteiger partial charge in [0, 0.05) is 16.0 Å². The Morgan fingerprint density at radius 1 is 1.00 bits per heavy atom. The van der Waals surface area contributed by atoms with Crippen molar-refractivity contribution < 1.29 is 13.9 Å². The lowest BCUT2D eigenvalue weighted by molar-refractivity contribution is 0.355. The number of benzene rings is 2. The maximum Gasteiger partial charge on any atom is 0.260 e. The second-order valence-electron chi connectivity index (χ2n) is 6.20. The van der Waals surface area contributed by atoms with Crippen molar-refractivity contribution in [3.05, 3.63) is 63.5 Å². The molecule has 0 unspecified atom stereocenters. The van der Waals surface area contributed by atoms with Crippen LogP contribution in [-0.4, -0.2) is 24.2 Å². The van der Waals surface area contributed by atoms with Crippen LogP contribution in [0.25, 0.3) is 32.7 Å². The molecular weight excluding hydrogens is 379 g/mol. The Morgan fingerprint density at radius 2 is 1.68 bits per heavy atom. The summed E-state index contributed by atoms with van der Waals surface area (Å²) in [6.45, 7) is 1.93. The Bertz CT molecular complexity index is 1230. The van der Waals surface area contributed by atoms with E-state index in [2.05, 4.69) is 9.97 Å². The molecule has 0 saturated carbocycles. The maximum atomic E-state index is 13.3. The van der Waals surface area contributed by atoms with Gasteiger partial charge in [-0.2, -0.15) is 0 Å². The summed E-state index contributed by atoms with van der Waals surface area (Å²) >= 11 is 1.44. The highest BCUT2D eigenvalue weighted by Crippen LogP contribution is 2.37. The van der Waals surface area contributed by atoms with Crippen molar-refractivity contribution in [3.63, 3.8) is 0 Å². The number of aromatic nitrogens is 2. The van der Waals surface area contributed by atoms with Gasteiger partial charge in [-0.05, 0) is 42.8 Å². The molecule has 0 radical (unpaired) electrons. The minimum atomic E-state index is -0.316. The van der Waals surface area contributed by atoms with Crippen molar-refractivity contribution >= 4 is 21.6 Å². The molecule has 0 amide bonds. The van der Waals surface area contributed by atoms with E-state index < -0.39 is 0 Å². The molecule has 5 nitrogen and oxygen atoms in total. The van der Waals surface area contributed by atoms with Gasteiger partial charge < -0.3 is 14.5 Å². The summed E-state index contributed by atoms with van der Waals surface area (Å²) in [4.78, 5) is 22.0. The largest absolute Gasteiger partial charge is 0.493 e. The van der Waals surface area contributed by atoms with E-state index >= 15 is 0 Å². The average molecular weight is 396 g/mol. The van der Waals surface area contributed by atoms with Gasteiger partial charge in [-0.3, -0.25) is 4.79 Å². The molecule has 7 heteroatoms. The van der Waals surface area contributed by atoms with E-state index in [9.17, 15) is 9.18 Å². The zero-order chi connectivity index (χ0) is 19.8. The number of hydrogen-bond donors (Lipinski definition) is 1. The van der Waals surface area contributed by atoms with Crippen LogP contribution in [0.5, 0.6) is 11.5 Å². The monoisotopic (exact) mass is 396 g/mol. The van der Waals surface area contributed by atoms with Gasteiger partial charge in [-0.25, -0.2) is 9.37 Å². The van der Waals surface area contributed by atoms with Gasteiger partial charge in [0.1, 0.15) is 16.5 Å². The smallest absolute Gasteiger partial charge is 0.260 e. The van der Waals surface area contributed by atoms with Crippen LogP contribution in [0.4, 0.5) is 4.39 Å². The summed E-state index contributed by atoms with van der Waals surface area (Å²) in [5.74, 6) is 1.28. The van der Waals surface area contributed by atoms with Crippen LogP contribution in [0.3, 0.4) is 0 Å². The summed E-state index contributed by atoms with van der Waals surface area (Å²) in [7, 11) is 3.12. The second-order valence-corrected chi connectivity index (χ2v) is 7.41. The van der Waals surface area contributed by atoms with Crippen molar-refractivity contribution in [2.24, 2.45) is 0 Å². The fourth-order valence-electron chi connectivity index (χ4n) is 3.20. The highest BCUT2D eigenvalue weighted by Gasteiger charge is 2.18. The molecule has 2 aromatic heterocycles. The molecule has 4 rings (SSSR count). The molecule has 28 heavy (non-hydrogen) atoms. The fourth-order valence-corrected chi connectivity index (χ4v) is 4.25. The molecule has 0 saturated heterocycles. The first kappa shape index (κ1) is 18.2. The first-order chi connectivity index (χ1) is 13.5. The van der Waals surface area contributed by atoms with E-state index in [0.29, 0.717) is 33.1 Å². The lowest BCUT2D eigenvalue weighted by atomic mass is 10.0. The fraction of sp³-hybridized carbons (Fsp3) is 0.143. The Balaban J connectivity index is 1.89. The van der Waals surface area contributed by atoms with E-state index in [0.717, 1.165) is 16.0 Å². The third kappa shape index (κ3) is 3.03. The van der Waals surface area contributed by atoms with Gasteiger partial charge in [-0.15, -0.1) is 11.3 Å². The average Bonchev–Trinajstić information content (AvgIpc) is 3.04. The highest BCUT2D eigenvalue weighted by atomic mass is 32.1. The molecule has 0 atom stereocenters. The van der Waals surface area contributed by atoms with Crippen molar-refractivity contribution in [1.82, 2.24) is 9.97 Å². The molecule has 0 aliphatic carbocycles. The molecule has 0 aliphatic heterocycles. The van der Waals surface area contributed by atoms with E-state index in [1.54, 1.807) is 38.5 Å². The van der Waals surface area contributed by atoms with Gasteiger partial charge >= 0.3 is 0 Å². The van der Waals surface area contributed by atoms with Crippen LogP contribution in [0.15, 0.2) is 47.3 Å². The standard InChI is InChI=1S/C21H17FN2O3S/c1-11-17(12-4-7-14(22)8-5-12)18-20(25)23-19(24-21(18)28-11)13-6-9-15(26-2)16(10-13)27-3/h4-10H,1-3H3,(H,23,24,25). The van der Waals surface area contributed by atoms with Crippen LogP contribution in [-0.2, 0) is 0 Å². The van der Waals surface area contributed by atoms with E-state index in [1.165, 1.54) is 23.5 Å². The molecule has 0 aliphatic rings. The van der Waals surface area contributed by atoms with Crippen LogP contribution in [0.1, 0.15) is 4.88 Å². The number of halogens is 1. The third-order valence-corrected chi connectivity index (χ3v) is 5.53. The quantitative estimate of drug-likeness (QED) is 0.539. The van der Waals surface area contributed by atoms with Crippen LogP contribution >= 0.6 is 11.3 Å². The number of nitrogens with one attached hydrogen (secondary N) is 1. The van der Waals surface area contributed by atoms with Crippen molar-refractivity contribution in [2.75, 3.05) is 14.2 Å². The number of aromatic amines is 1. The minimum absolute atomic E-state index is 0.238. The van der Waals surface area contributed by atoms with Crippen molar-refractivity contribution in [2.45, 2.75) is 6.92 Å². The van der Waals surface area contributed by atoms with Gasteiger partial charge in [0.05, 0.1) is 19.6 Å². The van der Waals surface area contributed by atoms with Crippen LogP contribution < -0.4 is 15.0 Å². The van der Waals surface area contributed by atoms with Crippen LogP contribution in [0, 0.1) is 12.7 Å². The lowest BCUT2D eigenvalue weighted by Gasteiger charge is -2.09. The summed E-state index contributed by atoms with van der Waals surface area (Å²) in [6.07, 6.45) is 0. The summed E-state index contributed by atoms with van der Waals surface area (Å²) < 4.78 is 23.9. The van der Waals surface area contributed by atoms with Crippen LogP contribution in [0.2, 0.25) is 0 Å². The highest BCUT2D eigenvalue weighted by molar-refractivity contribution is 7.19. The molecule has 4 aromatic rings. The molecule has 2 heterocycles. The van der Waals surface area contributed by atoms with Crippen molar-refractivity contribution in [3.8, 4) is 34.0 Å². The van der Waals surface area contributed by atoms with Gasteiger partial charge in [-0.1, -0.05) is 12.1 Å². The summed E-state index contributed by atoms with van der Waals surface area (Å²) in [6, 6.07) is 11.5. The Kier molecular flexibility index (Phi) is 4.60. The summed E-state index contributed by atoms with van der Waals surface area (Å²) in [5, 5.41) is 0.512. The zero-order valence-corrected chi connectivity index (χ0v) is 16.3. The number of ether oxygens (including phenoxy) is 2. The molecule has 1 N–H and O–H groups in total.